The number of nitrogens with zero attached hydrogens (tertiary/aromatic N) is 1. The van der Waals surface area contributed by atoms with E-state index in [4.69, 9.17) is 0 Å². The molecular weight excluding hydrogens is 282 g/mol. The molecule has 2 rings (SSSR count). The lowest BCUT2D eigenvalue weighted by atomic mass is 10.1. The van der Waals surface area contributed by atoms with Crippen LogP contribution < -0.4 is 4.31 Å². The number of hydrogen-bond acceptors (Lipinski definition) is 2. The Labute approximate surface area is 127 Å². The largest absolute Gasteiger partial charge is 0.266 e. The van der Waals surface area contributed by atoms with Crippen LogP contribution >= 0.6 is 0 Å². The van der Waals surface area contributed by atoms with Crippen LogP contribution in [0.25, 0.3) is 0 Å². The molecule has 2 aromatic carbocycles. The van der Waals surface area contributed by atoms with Crippen molar-refractivity contribution in [2.24, 2.45) is 0 Å². The Balaban J connectivity index is 2.42. The number of hydrogen-bond donors (Lipinski definition) is 0. The van der Waals surface area contributed by atoms with Crippen LogP contribution in [0.5, 0.6) is 0 Å². The van der Waals surface area contributed by atoms with Crippen molar-refractivity contribution < 1.29 is 8.42 Å². The zero-order chi connectivity index (χ0) is 15.6. The van der Waals surface area contributed by atoms with Crippen LogP contribution in [-0.4, -0.2) is 14.7 Å². The molecule has 2 aromatic rings. The smallest absolute Gasteiger partial charge is 0.232 e. The van der Waals surface area contributed by atoms with E-state index in [1.54, 1.807) is 0 Å². The zero-order valence-electron chi connectivity index (χ0n) is 12.9. The molecule has 0 fully saturated rings. The summed E-state index contributed by atoms with van der Waals surface area (Å²) in [5.74, 6) is 0. The summed E-state index contributed by atoms with van der Waals surface area (Å²) in [4.78, 5) is 0. The fraction of sp³-hybridized carbons (Fsp3) is 0.294. The van der Waals surface area contributed by atoms with Gasteiger partial charge in [-0.05, 0) is 49.6 Å². The summed E-state index contributed by atoms with van der Waals surface area (Å²) in [5, 5.41) is 0. The van der Waals surface area contributed by atoms with E-state index in [0.717, 1.165) is 27.9 Å². The Bertz CT molecular complexity index is 714. The van der Waals surface area contributed by atoms with Gasteiger partial charge in [0.1, 0.15) is 0 Å². The van der Waals surface area contributed by atoms with Gasteiger partial charge in [-0.15, -0.1) is 0 Å². The van der Waals surface area contributed by atoms with Gasteiger partial charge in [0, 0.05) is 0 Å². The van der Waals surface area contributed by atoms with Gasteiger partial charge in [-0.25, -0.2) is 8.42 Å². The van der Waals surface area contributed by atoms with Gasteiger partial charge in [0.05, 0.1) is 18.5 Å². The lowest BCUT2D eigenvalue weighted by molar-refractivity contribution is 0.596. The summed E-state index contributed by atoms with van der Waals surface area (Å²) in [7, 11) is -3.33. The molecule has 4 heteroatoms. The second kappa shape index (κ2) is 5.90. The van der Waals surface area contributed by atoms with Gasteiger partial charge < -0.3 is 0 Å². The third-order valence-electron chi connectivity index (χ3n) is 3.34. The number of rotatable bonds is 4. The third-order valence-corrected chi connectivity index (χ3v) is 4.48. The Morgan fingerprint density at radius 1 is 0.857 bits per heavy atom. The molecule has 0 spiro atoms. The van der Waals surface area contributed by atoms with Crippen molar-refractivity contribution >= 4 is 15.7 Å². The van der Waals surface area contributed by atoms with Gasteiger partial charge in [-0.1, -0.05) is 35.9 Å². The average Bonchev–Trinajstić information content (AvgIpc) is 2.35. The molecule has 0 aliphatic heterocycles. The maximum Gasteiger partial charge on any atom is 0.232 e. The second-order valence-electron chi connectivity index (χ2n) is 5.60. The normalized spacial score (nSPS) is 11.4. The highest BCUT2D eigenvalue weighted by molar-refractivity contribution is 7.92. The molecule has 0 heterocycles. The van der Waals surface area contributed by atoms with Gasteiger partial charge in [0.15, 0.2) is 0 Å². The van der Waals surface area contributed by atoms with Crippen molar-refractivity contribution in [2.75, 3.05) is 10.6 Å². The van der Waals surface area contributed by atoms with Gasteiger partial charge in [-0.3, -0.25) is 4.31 Å². The molecule has 0 unspecified atom stereocenters. The van der Waals surface area contributed by atoms with E-state index < -0.39 is 10.0 Å². The highest BCUT2D eigenvalue weighted by atomic mass is 32.2. The highest BCUT2D eigenvalue weighted by Gasteiger charge is 2.18. The van der Waals surface area contributed by atoms with E-state index in [1.807, 2.05) is 63.2 Å². The number of anilines is 1. The summed E-state index contributed by atoms with van der Waals surface area (Å²) in [6, 6.07) is 13.8. The van der Waals surface area contributed by atoms with Crippen LogP contribution in [0, 0.1) is 20.8 Å². The minimum Gasteiger partial charge on any atom is -0.266 e. The lowest BCUT2D eigenvalue weighted by Crippen LogP contribution is -2.29. The first-order valence-corrected chi connectivity index (χ1v) is 8.72. The zero-order valence-corrected chi connectivity index (χ0v) is 13.7. The molecule has 0 amide bonds. The van der Waals surface area contributed by atoms with Crippen LogP contribution in [0.4, 0.5) is 5.69 Å². The second-order valence-corrected chi connectivity index (χ2v) is 7.51. The number of sulfonamides is 1. The van der Waals surface area contributed by atoms with Crippen molar-refractivity contribution in [2.45, 2.75) is 27.3 Å². The number of benzene rings is 2. The van der Waals surface area contributed by atoms with Crippen LogP contribution in [0.15, 0.2) is 42.5 Å². The summed E-state index contributed by atoms with van der Waals surface area (Å²) in [6.07, 6.45) is 1.25. The molecule has 3 nitrogen and oxygen atoms in total. The van der Waals surface area contributed by atoms with Crippen LogP contribution in [-0.2, 0) is 16.6 Å². The first-order valence-electron chi connectivity index (χ1n) is 6.87. The number of aryl methyl sites for hydroxylation is 3. The van der Waals surface area contributed by atoms with Crippen LogP contribution in [0.1, 0.15) is 22.3 Å². The van der Waals surface area contributed by atoms with Crippen molar-refractivity contribution in [3.05, 3.63) is 64.7 Å². The molecule has 0 aliphatic rings. The molecule has 0 atom stereocenters. The average molecular weight is 303 g/mol. The third kappa shape index (κ3) is 4.08. The molecular formula is C17H21NO2S. The Morgan fingerprint density at radius 2 is 1.38 bits per heavy atom. The van der Waals surface area contributed by atoms with E-state index >= 15 is 0 Å². The van der Waals surface area contributed by atoms with Crippen LogP contribution in [0.2, 0.25) is 0 Å². The first-order chi connectivity index (χ1) is 9.75. The SMILES string of the molecule is Cc1ccc(CN(c2cc(C)cc(C)c2)S(C)(=O)=O)cc1. The van der Waals surface area contributed by atoms with E-state index in [0.29, 0.717) is 6.54 Å². The molecule has 0 radical (unpaired) electrons. The predicted molar refractivity (Wildman–Crippen MR) is 88.1 cm³/mol. The summed E-state index contributed by atoms with van der Waals surface area (Å²) < 4.78 is 25.8. The Morgan fingerprint density at radius 3 is 1.86 bits per heavy atom. The van der Waals surface area contributed by atoms with Crippen molar-refractivity contribution in [3.8, 4) is 0 Å². The predicted octanol–water partition coefficient (Wildman–Crippen LogP) is 3.58. The fourth-order valence-corrected chi connectivity index (χ4v) is 3.23. The monoisotopic (exact) mass is 303 g/mol. The lowest BCUT2D eigenvalue weighted by Gasteiger charge is -2.23. The highest BCUT2D eigenvalue weighted by Crippen LogP contribution is 2.23. The summed E-state index contributed by atoms with van der Waals surface area (Å²) in [5.41, 5.74) is 4.97. The van der Waals surface area contributed by atoms with Gasteiger partial charge in [0.2, 0.25) is 10.0 Å². The van der Waals surface area contributed by atoms with Gasteiger partial charge in [0.25, 0.3) is 0 Å². The fourth-order valence-electron chi connectivity index (χ4n) is 2.35. The minimum absolute atomic E-state index is 0.349. The van der Waals surface area contributed by atoms with Crippen molar-refractivity contribution in [3.63, 3.8) is 0 Å². The molecule has 112 valence electrons. The van der Waals surface area contributed by atoms with Crippen LogP contribution in [0.3, 0.4) is 0 Å². The molecule has 0 aromatic heterocycles. The Hall–Kier alpha value is -1.81. The molecule has 0 saturated heterocycles. The summed E-state index contributed by atoms with van der Waals surface area (Å²) in [6.45, 7) is 6.32. The molecule has 0 aliphatic carbocycles. The van der Waals surface area contributed by atoms with Crippen molar-refractivity contribution in [1.82, 2.24) is 0 Å². The van der Waals surface area contributed by atoms with E-state index in [9.17, 15) is 8.42 Å². The molecule has 0 N–H and O–H groups in total. The van der Waals surface area contributed by atoms with E-state index in [-0.39, 0.29) is 0 Å². The standard InChI is InChI=1S/C17H21NO2S/c1-13-5-7-16(8-6-13)12-18(21(4,19)20)17-10-14(2)9-15(3)11-17/h5-11H,12H2,1-4H3. The van der Waals surface area contributed by atoms with Gasteiger partial charge >= 0.3 is 0 Å². The topological polar surface area (TPSA) is 37.4 Å². The maximum absolute atomic E-state index is 12.2. The first kappa shape index (κ1) is 15.6. The minimum atomic E-state index is -3.33. The maximum atomic E-state index is 12.2. The Kier molecular flexibility index (Phi) is 4.37. The summed E-state index contributed by atoms with van der Waals surface area (Å²) >= 11 is 0. The van der Waals surface area contributed by atoms with Crippen molar-refractivity contribution in [1.29, 1.82) is 0 Å². The molecule has 0 bridgehead atoms. The molecule has 0 saturated carbocycles. The van der Waals surface area contributed by atoms with E-state index in [1.165, 1.54) is 10.6 Å². The van der Waals surface area contributed by atoms with Gasteiger partial charge in [-0.2, -0.15) is 0 Å². The molecule has 21 heavy (non-hydrogen) atoms. The quantitative estimate of drug-likeness (QED) is 0.866. The van der Waals surface area contributed by atoms with E-state index in [2.05, 4.69) is 0 Å².